The van der Waals surface area contributed by atoms with Gasteiger partial charge in [0, 0.05) is 49.0 Å². The Morgan fingerprint density at radius 3 is 2.52 bits per heavy atom. The molecule has 0 unspecified atom stereocenters. The molecule has 0 saturated carbocycles. The quantitative estimate of drug-likeness (QED) is 0.455. The number of fused-ring (bicyclic) bond motifs is 1. The summed E-state index contributed by atoms with van der Waals surface area (Å²) >= 11 is 0. The van der Waals surface area contributed by atoms with E-state index >= 15 is 0 Å². The van der Waals surface area contributed by atoms with Gasteiger partial charge in [-0.1, -0.05) is 54.6 Å². The molecule has 0 atom stereocenters. The second-order valence-electron chi connectivity index (χ2n) is 8.44. The zero-order chi connectivity index (χ0) is 22.5. The zero-order valence-corrected chi connectivity index (χ0v) is 18.4. The van der Waals surface area contributed by atoms with Crippen molar-refractivity contribution < 1.29 is 4.79 Å². The van der Waals surface area contributed by atoms with Crippen LogP contribution in [0, 0.1) is 0 Å². The van der Waals surface area contributed by atoms with Gasteiger partial charge in [-0.05, 0) is 42.0 Å². The van der Waals surface area contributed by atoms with E-state index in [0.29, 0.717) is 11.4 Å². The third-order valence-electron chi connectivity index (χ3n) is 6.11. The molecule has 1 saturated heterocycles. The van der Waals surface area contributed by atoms with Gasteiger partial charge >= 0.3 is 0 Å². The van der Waals surface area contributed by atoms with E-state index in [1.807, 2.05) is 36.4 Å². The van der Waals surface area contributed by atoms with Crippen LogP contribution in [0.3, 0.4) is 0 Å². The molecule has 1 aliphatic rings. The van der Waals surface area contributed by atoms with Crippen LogP contribution in [-0.2, 0) is 6.54 Å². The van der Waals surface area contributed by atoms with Gasteiger partial charge in [-0.15, -0.1) is 0 Å². The van der Waals surface area contributed by atoms with E-state index in [-0.39, 0.29) is 11.9 Å². The van der Waals surface area contributed by atoms with Crippen LogP contribution in [0.5, 0.6) is 0 Å². The molecule has 1 fully saturated rings. The molecule has 5 rings (SSSR count). The fourth-order valence-corrected chi connectivity index (χ4v) is 4.33. The SMILES string of the molecule is O=C(NC1CCN(Cc2ccccc2)CC1)c1ccnc(Nc2nccc3ccccc23)c1. The Labute approximate surface area is 193 Å². The van der Waals surface area contributed by atoms with Crippen molar-refractivity contribution in [2.45, 2.75) is 25.4 Å². The first-order valence-corrected chi connectivity index (χ1v) is 11.4. The highest BCUT2D eigenvalue weighted by atomic mass is 16.1. The normalized spacial score (nSPS) is 14.8. The highest BCUT2D eigenvalue weighted by Crippen LogP contribution is 2.23. The first kappa shape index (κ1) is 21.1. The molecule has 2 N–H and O–H groups in total. The van der Waals surface area contributed by atoms with Crippen molar-refractivity contribution in [2.24, 2.45) is 0 Å². The molecule has 0 bridgehead atoms. The third-order valence-corrected chi connectivity index (χ3v) is 6.11. The summed E-state index contributed by atoms with van der Waals surface area (Å²) in [6, 6.07) is 24.3. The first-order valence-electron chi connectivity index (χ1n) is 11.4. The fraction of sp³-hybridized carbons (Fsp3) is 0.222. The number of aromatic nitrogens is 2. The molecule has 0 spiro atoms. The summed E-state index contributed by atoms with van der Waals surface area (Å²) in [6.45, 7) is 2.93. The van der Waals surface area contributed by atoms with E-state index in [1.54, 1.807) is 24.5 Å². The van der Waals surface area contributed by atoms with Gasteiger partial charge < -0.3 is 10.6 Å². The van der Waals surface area contributed by atoms with Crippen LogP contribution in [0.2, 0.25) is 0 Å². The highest BCUT2D eigenvalue weighted by Gasteiger charge is 2.21. The van der Waals surface area contributed by atoms with Crippen LogP contribution >= 0.6 is 0 Å². The monoisotopic (exact) mass is 437 g/mol. The number of carbonyl (C=O) groups excluding carboxylic acids is 1. The summed E-state index contributed by atoms with van der Waals surface area (Å²) < 4.78 is 0. The van der Waals surface area contributed by atoms with Crippen molar-refractivity contribution in [3.05, 3.63) is 96.3 Å². The van der Waals surface area contributed by atoms with Gasteiger partial charge in [0.15, 0.2) is 0 Å². The van der Waals surface area contributed by atoms with Crippen LogP contribution in [0.25, 0.3) is 10.8 Å². The van der Waals surface area contributed by atoms with E-state index in [9.17, 15) is 4.79 Å². The zero-order valence-electron chi connectivity index (χ0n) is 18.4. The smallest absolute Gasteiger partial charge is 0.251 e. The molecule has 2 aromatic carbocycles. The number of hydrogen-bond donors (Lipinski definition) is 2. The number of carbonyl (C=O) groups is 1. The minimum Gasteiger partial charge on any atom is -0.349 e. The summed E-state index contributed by atoms with van der Waals surface area (Å²) in [5.41, 5.74) is 1.93. The maximum absolute atomic E-state index is 12.9. The number of amides is 1. The lowest BCUT2D eigenvalue weighted by atomic mass is 10.0. The third kappa shape index (κ3) is 5.18. The molecule has 0 radical (unpaired) electrons. The Kier molecular flexibility index (Phi) is 6.26. The second kappa shape index (κ2) is 9.79. The number of hydrogen-bond acceptors (Lipinski definition) is 5. The number of likely N-dealkylation sites (tertiary alicyclic amines) is 1. The molecule has 6 heteroatoms. The first-order chi connectivity index (χ1) is 16.2. The van der Waals surface area contributed by atoms with Gasteiger partial charge in [-0.2, -0.15) is 0 Å². The van der Waals surface area contributed by atoms with E-state index in [0.717, 1.165) is 49.1 Å². The maximum atomic E-state index is 12.9. The van der Waals surface area contributed by atoms with Crippen molar-refractivity contribution in [2.75, 3.05) is 18.4 Å². The Balaban J connectivity index is 1.19. The Morgan fingerprint density at radius 1 is 0.909 bits per heavy atom. The molecule has 6 nitrogen and oxygen atoms in total. The number of piperidine rings is 1. The Morgan fingerprint density at radius 2 is 1.67 bits per heavy atom. The average molecular weight is 438 g/mol. The molecule has 166 valence electrons. The van der Waals surface area contributed by atoms with Crippen LogP contribution in [0.4, 0.5) is 11.6 Å². The number of nitrogens with one attached hydrogen (secondary N) is 2. The van der Waals surface area contributed by atoms with Crippen LogP contribution in [0.1, 0.15) is 28.8 Å². The molecular formula is C27H27N5O. The van der Waals surface area contributed by atoms with Crippen LogP contribution < -0.4 is 10.6 Å². The van der Waals surface area contributed by atoms with E-state index in [2.05, 4.69) is 49.8 Å². The molecule has 33 heavy (non-hydrogen) atoms. The summed E-state index contributed by atoms with van der Waals surface area (Å²) in [7, 11) is 0. The predicted octanol–water partition coefficient (Wildman–Crippen LogP) is 4.77. The maximum Gasteiger partial charge on any atom is 0.251 e. The summed E-state index contributed by atoms with van der Waals surface area (Å²) in [6.07, 6.45) is 5.33. The molecule has 2 aromatic heterocycles. The number of benzene rings is 2. The minimum atomic E-state index is -0.0622. The Hall–Kier alpha value is -3.77. The minimum absolute atomic E-state index is 0.0622. The number of anilines is 2. The molecule has 1 amide bonds. The molecule has 3 heterocycles. The van der Waals surface area contributed by atoms with E-state index < -0.39 is 0 Å². The van der Waals surface area contributed by atoms with E-state index in [4.69, 9.17) is 0 Å². The largest absolute Gasteiger partial charge is 0.349 e. The second-order valence-corrected chi connectivity index (χ2v) is 8.44. The Bertz CT molecular complexity index is 1230. The lowest BCUT2D eigenvalue weighted by molar-refractivity contribution is 0.0909. The number of pyridine rings is 2. The van der Waals surface area contributed by atoms with E-state index in [1.165, 1.54) is 5.56 Å². The predicted molar refractivity (Wildman–Crippen MR) is 131 cm³/mol. The average Bonchev–Trinajstić information content (AvgIpc) is 2.86. The summed E-state index contributed by atoms with van der Waals surface area (Å²) in [4.78, 5) is 24.2. The number of nitrogens with zero attached hydrogens (tertiary/aromatic N) is 3. The highest BCUT2D eigenvalue weighted by molar-refractivity contribution is 5.96. The van der Waals surface area contributed by atoms with Crippen molar-refractivity contribution in [1.29, 1.82) is 0 Å². The van der Waals surface area contributed by atoms with Crippen LogP contribution in [0.15, 0.2) is 85.2 Å². The molecule has 1 aliphatic heterocycles. The summed E-state index contributed by atoms with van der Waals surface area (Å²) in [5.74, 6) is 1.26. The van der Waals surface area contributed by atoms with Gasteiger partial charge in [0.05, 0.1) is 0 Å². The molecule has 4 aromatic rings. The van der Waals surface area contributed by atoms with Crippen molar-refractivity contribution in [1.82, 2.24) is 20.2 Å². The standard InChI is InChI=1S/C27H27N5O/c33-27(30-23-12-16-32(17-13-23)19-20-6-2-1-3-7-20)22-11-14-28-25(18-22)31-26-24-9-5-4-8-21(24)10-15-29-26/h1-11,14-15,18,23H,12-13,16-17,19H2,(H,30,33)(H,28,29,31). The van der Waals surface area contributed by atoms with Crippen LogP contribution in [-0.4, -0.2) is 39.9 Å². The van der Waals surface area contributed by atoms with Gasteiger partial charge in [0.1, 0.15) is 11.6 Å². The lowest BCUT2D eigenvalue weighted by Crippen LogP contribution is -2.44. The lowest BCUT2D eigenvalue weighted by Gasteiger charge is -2.32. The number of rotatable bonds is 6. The fourth-order valence-electron chi connectivity index (χ4n) is 4.33. The molecular weight excluding hydrogens is 410 g/mol. The van der Waals surface area contributed by atoms with Gasteiger partial charge in [-0.3, -0.25) is 9.69 Å². The topological polar surface area (TPSA) is 70.2 Å². The van der Waals surface area contributed by atoms with Gasteiger partial charge in [-0.25, -0.2) is 9.97 Å². The van der Waals surface area contributed by atoms with Gasteiger partial charge in [0.2, 0.25) is 0 Å². The van der Waals surface area contributed by atoms with Gasteiger partial charge in [0.25, 0.3) is 5.91 Å². The van der Waals surface area contributed by atoms with Crippen molar-refractivity contribution in [3.8, 4) is 0 Å². The molecule has 0 aliphatic carbocycles. The summed E-state index contributed by atoms with van der Waals surface area (Å²) in [5, 5.41) is 8.58. The van der Waals surface area contributed by atoms with Crippen molar-refractivity contribution >= 4 is 28.3 Å². The van der Waals surface area contributed by atoms with Crippen molar-refractivity contribution in [3.63, 3.8) is 0 Å².